The van der Waals surface area contributed by atoms with Gasteiger partial charge in [0.25, 0.3) is 0 Å². The van der Waals surface area contributed by atoms with Crippen molar-refractivity contribution in [1.82, 2.24) is 15.5 Å². The fourth-order valence-electron chi connectivity index (χ4n) is 3.75. The largest absolute Gasteiger partial charge is 0.492 e. The van der Waals surface area contributed by atoms with E-state index >= 15 is 0 Å². The van der Waals surface area contributed by atoms with Crippen molar-refractivity contribution in [2.75, 3.05) is 26.3 Å². The normalized spacial score (nSPS) is 15.0. The Morgan fingerprint density at radius 3 is 2.65 bits per heavy atom. The van der Waals surface area contributed by atoms with E-state index < -0.39 is 12.0 Å². The maximum Gasteiger partial charge on any atom is 0.308 e. The highest BCUT2D eigenvalue weighted by Gasteiger charge is 2.34. The van der Waals surface area contributed by atoms with E-state index in [1.165, 1.54) is 0 Å². The van der Waals surface area contributed by atoms with Crippen LogP contribution in [0.25, 0.3) is 0 Å². The summed E-state index contributed by atoms with van der Waals surface area (Å²) >= 11 is 17.3. The van der Waals surface area contributed by atoms with Crippen molar-refractivity contribution < 1.29 is 23.9 Å². The molecule has 1 unspecified atom stereocenters. The lowest BCUT2D eigenvalue weighted by Gasteiger charge is -2.36. The number of benzene rings is 2. The molecule has 1 heterocycles. The number of ether oxygens (including phenoxy) is 2. The lowest BCUT2D eigenvalue weighted by molar-refractivity contribution is -0.147. The second-order valence-electron chi connectivity index (χ2n) is 8.39. The van der Waals surface area contributed by atoms with Crippen molar-refractivity contribution in [2.24, 2.45) is 0 Å². The topological polar surface area (TPSA) is 97.0 Å². The fraction of sp³-hybridized carbons (Fsp3) is 0.385. The van der Waals surface area contributed by atoms with E-state index in [0.29, 0.717) is 41.7 Å². The van der Waals surface area contributed by atoms with E-state index in [1.54, 1.807) is 23.1 Å². The number of aryl methyl sites for hydroxylation is 1. The molecule has 2 N–H and O–H groups in total. The summed E-state index contributed by atoms with van der Waals surface area (Å²) in [5, 5.41) is 6.38. The zero-order valence-electron chi connectivity index (χ0n) is 20.2. The number of esters is 1. The van der Waals surface area contributed by atoms with Crippen LogP contribution in [0.15, 0.2) is 48.5 Å². The molecule has 1 atom stereocenters. The zero-order chi connectivity index (χ0) is 26.6. The third kappa shape index (κ3) is 9.50. The van der Waals surface area contributed by atoms with Crippen LogP contribution in [0, 0.1) is 0 Å². The molecule has 1 fully saturated rings. The number of nitrogens with one attached hydrogen (secondary N) is 2. The van der Waals surface area contributed by atoms with Crippen LogP contribution >= 0.6 is 35.4 Å². The van der Waals surface area contributed by atoms with Crippen LogP contribution in [0.3, 0.4) is 0 Å². The van der Waals surface area contributed by atoms with Crippen molar-refractivity contribution in [2.45, 2.75) is 38.1 Å². The fourth-order valence-corrected chi connectivity index (χ4v) is 4.54. The minimum Gasteiger partial charge on any atom is -0.492 e. The smallest absolute Gasteiger partial charge is 0.308 e. The minimum atomic E-state index is -0.849. The highest BCUT2D eigenvalue weighted by Crippen LogP contribution is 2.27. The third-order valence-electron chi connectivity index (χ3n) is 5.61. The number of nitrogens with zero attached hydrogens (tertiary/aromatic N) is 1. The first-order chi connectivity index (χ1) is 17.8. The standard InChI is InChI=1S/C26H29Cl2N3O5S/c27-19-10-11-22(20(28)16-19)35-14-5-9-23(32)30-26(37)31-13-12-29-25(34)21(31)17-24(33)36-15-4-8-18-6-2-1-3-7-18/h1-3,6-7,10-11,16,21H,4-5,8-9,12-15,17H2,(H,29,34)(H,30,32,37). The van der Waals surface area contributed by atoms with Gasteiger partial charge in [-0.1, -0.05) is 53.5 Å². The number of amides is 2. The van der Waals surface area contributed by atoms with Crippen molar-refractivity contribution in [3.8, 4) is 5.75 Å². The Hall–Kier alpha value is -2.88. The van der Waals surface area contributed by atoms with Gasteiger partial charge in [0, 0.05) is 24.5 Å². The maximum absolute atomic E-state index is 12.5. The Balaban J connectivity index is 1.40. The first kappa shape index (κ1) is 28.7. The van der Waals surface area contributed by atoms with Crippen LogP contribution < -0.4 is 15.4 Å². The molecule has 198 valence electrons. The number of rotatable bonds is 11. The molecule has 37 heavy (non-hydrogen) atoms. The number of hydrogen-bond acceptors (Lipinski definition) is 6. The van der Waals surface area contributed by atoms with E-state index in [9.17, 15) is 14.4 Å². The summed E-state index contributed by atoms with van der Waals surface area (Å²) in [7, 11) is 0. The molecule has 3 rings (SSSR count). The lowest BCUT2D eigenvalue weighted by Crippen LogP contribution is -2.60. The molecule has 0 saturated carbocycles. The highest BCUT2D eigenvalue weighted by molar-refractivity contribution is 7.80. The van der Waals surface area contributed by atoms with Crippen molar-refractivity contribution in [3.63, 3.8) is 0 Å². The van der Waals surface area contributed by atoms with Gasteiger partial charge < -0.3 is 25.0 Å². The van der Waals surface area contributed by atoms with Crippen molar-refractivity contribution >= 4 is 58.3 Å². The van der Waals surface area contributed by atoms with Gasteiger partial charge in [0.05, 0.1) is 24.7 Å². The molecule has 0 bridgehead atoms. The van der Waals surface area contributed by atoms with Crippen molar-refractivity contribution in [3.05, 3.63) is 64.1 Å². The van der Waals surface area contributed by atoms with Gasteiger partial charge in [-0.05, 0) is 55.2 Å². The molecular formula is C26H29Cl2N3O5S. The second-order valence-corrected chi connectivity index (χ2v) is 9.62. The third-order valence-corrected chi connectivity index (χ3v) is 6.48. The average Bonchev–Trinajstić information content (AvgIpc) is 2.87. The summed E-state index contributed by atoms with van der Waals surface area (Å²) in [6.45, 7) is 1.25. The van der Waals surface area contributed by atoms with Crippen LogP contribution in [0.1, 0.15) is 31.2 Å². The SMILES string of the molecule is O=C(CCCOc1ccc(Cl)cc1Cl)NC(=S)N1CCNC(=O)C1CC(=O)OCCCc1ccccc1. The van der Waals surface area contributed by atoms with E-state index in [4.69, 9.17) is 44.9 Å². The molecule has 11 heteroatoms. The number of carbonyl (C=O) groups is 3. The van der Waals surface area contributed by atoms with Crippen LogP contribution in [0.2, 0.25) is 10.0 Å². The molecule has 0 aromatic heterocycles. The molecule has 8 nitrogen and oxygen atoms in total. The van der Waals surface area contributed by atoms with Gasteiger partial charge in [0.15, 0.2) is 5.11 Å². The predicted molar refractivity (Wildman–Crippen MR) is 146 cm³/mol. The molecule has 1 saturated heterocycles. The first-order valence-electron chi connectivity index (χ1n) is 12.0. The van der Waals surface area contributed by atoms with Crippen LogP contribution in [0.4, 0.5) is 0 Å². The monoisotopic (exact) mass is 565 g/mol. The van der Waals surface area contributed by atoms with E-state index in [2.05, 4.69) is 10.6 Å². The Morgan fingerprint density at radius 2 is 1.89 bits per heavy atom. The molecule has 0 aliphatic carbocycles. The Morgan fingerprint density at radius 1 is 1.11 bits per heavy atom. The summed E-state index contributed by atoms with van der Waals surface area (Å²) in [6.07, 6.45) is 1.88. The van der Waals surface area contributed by atoms with E-state index in [0.717, 1.165) is 12.0 Å². The number of thiocarbonyl (C=S) groups is 1. The molecule has 1 aliphatic rings. The van der Waals surface area contributed by atoms with Gasteiger partial charge >= 0.3 is 5.97 Å². The molecule has 2 amide bonds. The van der Waals surface area contributed by atoms with Crippen molar-refractivity contribution in [1.29, 1.82) is 0 Å². The Kier molecular flexibility index (Phi) is 11.4. The first-order valence-corrected chi connectivity index (χ1v) is 13.2. The molecular weight excluding hydrogens is 537 g/mol. The minimum absolute atomic E-state index is 0.100. The van der Waals surface area contributed by atoms with Crippen LogP contribution in [0.5, 0.6) is 5.75 Å². The number of piperazine rings is 1. The predicted octanol–water partition coefficient (Wildman–Crippen LogP) is 3.92. The zero-order valence-corrected chi connectivity index (χ0v) is 22.5. The summed E-state index contributed by atoms with van der Waals surface area (Å²) in [5.74, 6) is -0.662. The summed E-state index contributed by atoms with van der Waals surface area (Å²) in [5.41, 5.74) is 1.16. The summed E-state index contributed by atoms with van der Waals surface area (Å²) < 4.78 is 10.9. The van der Waals surface area contributed by atoms with Crippen LogP contribution in [-0.4, -0.2) is 60.1 Å². The Labute approximate surface area is 231 Å². The molecule has 2 aromatic carbocycles. The number of halogens is 2. The van der Waals surface area contributed by atoms with E-state index in [-0.39, 0.29) is 43.0 Å². The van der Waals surface area contributed by atoms with Gasteiger partial charge in [0.2, 0.25) is 11.8 Å². The highest BCUT2D eigenvalue weighted by atomic mass is 35.5. The van der Waals surface area contributed by atoms with Gasteiger partial charge in [-0.3, -0.25) is 14.4 Å². The van der Waals surface area contributed by atoms with Gasteiger partial charge in [-0.15, -0.1) is 0 Å². The van der Waals surface area contributed by atoms with Gasteiger partial charge in [-0.25, -0.2) is 0 Å². The second kappa shape index (κ2) is 14.8. The molecule has 1 aliphatic heterocycles. The average molecular weight is 567 g/mol. The van der Waals surface area contributed by atoms with Crippen LogP contribution in [-0.2, 0) is 25.5 Å². The summed E-state index contributed by atoms with van der Waals surface area (Å²) in [6, 6.07) is 14.0. The Bertz CT molecular complexity index is 1100. The summed E-state index contributed by atoms with van der Waals surface area (Å²) in [4.78, 5) is 38.8. The number of hydrogen-bond donors (Lipinski definition) is 2. The van der Waals surface area contributed by atoms with Gasteiger partial charge in [0.1, 0.15) is 11.8 Å². The molecule has 0 radical (unpaired) electrons. The quantitative estimate of drug-likeness (QED) is 0.242. The van der Waals surface area contributed by atoms with Gasteiger partial charge in [-0.2, -0.15) is 0 Å². The molecule has 2 aromatic rings. The number of carbonyl (C=O) groups excluding carboxylic acids is 3. The maximum atomic E-state index is 12.5. The van der Waals surface area contributed by atoms with E-state index in [1.807, 2.05) is 30.3 Å². The lowest BCUT2D eigenvalue weighted by atomic mass is 10.1. The molecule has 0 spiro atoms.